The van der Waals surface area contributed by atoms with Gasteiger partial charge in [-0.15, -0.1) is 11.8 Å². The first-order chi connectivity index (χ1) is 6.69. The highest BCUT2D eigenvalue weighted by Gasteiger charge is 2.12. The van der Waals surface area contributed by atoms with Crippen molar-refractivity contribution >= 4 is 23.4 Å². The van der Waals surface area contributed by atoms with Crippen LogP contribution in [0.2, 0.25) is 0 Å². The second-order valence-corrected chi connectivity index (χ2v) is 3.36. The van der Waals surface area contributed by atoms with Crippen molar-refractivity contribution < 1.29 is 15.1 Å². The molecule has 0 radical (unpaired) electrons. The minimum Gasteiger partial charge on any atom is -0.476 e. The van der Waals surface area contributed by atoms with Gasteiger partial charge in [0, 0.05) is 10.5 Å². The van der Waals surface area contributed by atoms with Crippen molar-refractivity contribution in [2.45, 2.75) is 4.90 Å². The van der Waals surface area contributed by atoms with Crippen LogP contribution >= 0.6 is 11.8 Å². The summed E-state index contributed by atoms with van der Waals surface area (Å²) in [6, 6.07) is 6.76. The minimum absolute atomic E-state index is 0.349. The molecule has 0 spiro atoms. The highest BCUT2D eigenvalue weighted by atomic mass is 32.2. The molecule has 4 nitrogen and oxygen atoms in total. The number of oxime groups is 1. The molecule has 0 amide bonds. The Morgan fingerprint density at radius 3 is 2.29 bits per heavy atom. The Labute approximate surface area is 85.2 Å². The third-order valence-electron chi connectivity index (χ3n) is 1.67. The summed E-state index contributed by atoms with van der Waals surface area (Å²) in [6.45, 7) is 0. The normalized spacial score (nSPS) is 11.4. The molecule has 0 heterocycles. The van der Waals surface area contributed by atoms with Gasteiger partial charge < -0.3 is 10.3 Å². The molecule has 74 valence electrons. The van der Waals surface area contributed by atoms with E-state index in [1.165, 1.54) is 0 Å². The van der Waals surface area contributed by atoms with Crippen LogP contribution in [-0.2, 0) is 4.79 Å². The quantitative estimate of drug-likeness (QED) is 0.345. The molecule has 0 aliphatic heterocycles. The van der Waals surface area contributed by atoms with Gasteiger partial charge >= 0.3 is 5.97 Å². The van der Waals surface area contributed by atoms with E-state index in [0.29, 0.717) is 5.56 Å². The average molecular weight is 211 g/mol. The number of hydrogen-bond acceptors (Lipinski definition) is 4. The summed E-state index contributed by atoms with van der Waals surface area (Å²) in [6.07, 6.45) is 1.92. The number of carboxylic acid groups (broad SMARTS) is 1. The number of rotatable bonds is 3. The molecule has 0 saturated heterocycles. The maximum Gasteiger partial charge on any atom is 0.358 e. The Balaban J connectivity index is 3.02. The van der Waals surface area contributed by atoms with Crippen LogP contribution in [0.4, 0.5) is 0 Å². The first kappa shape index (κ1) is 10.6. The summed E-state index contributed by atoms with van der Waals surface area (Å²) in [5.41, 5.74) is 0.0375. The zero-order valence-corrected chi connectivity index (χ0v) is 8.28. The largest absolute Gasteiger partial charge is 0.476 e. The van der Waals surface area contributed by atoms with Gasteiger partial charge in [0.1, 0.15) is 0 Å². The molecule has 5 heteroatoms. The first-order valence-corrected chi connectivity index (χ1v) is 5.01. The van der Waals surface area contributed by atoms with Crippen LogP contribution < -0.4 is 0 Å². The lowest BCUT2D eigenvalue weighted by Gasteiger charge is -2.00. The number of nitrogens with zero attached hydrogens (tertiary/aromatic N) is 1. The molecular formula is C9H9NO3S. The third-order valence-corrected chi connectivity index (χ3v) is 2.41. The van der Waals surface area contributed by atoms with E-state index in [0.717, 1.165) is 4.90 Å². The van der Waals surface area contributed by atoms with Crippen molar-refractivity contribution in [2.24, 2.45) is 5.16 Å². The Bertz CT molecular complexity index is 359. The second kappa shape index (κ2) is 4.66. The maximum absolute atomic E-state index is 10.6. The van der Waals surface area contributed by atoms with Crippen molar-refractivity contribution in [1.82, 2.24) is 0 Å². The summed E-state index contributed by atoms with van der Waals surface area (Å²) in [4.78, 5) is 11.6. The van der Waals surface area contributed by atoms with Gasteiger partial charge in [-0.25, -0.2) is 4.79 Å². The smallest absolute Gasteiger partial charge is 0.358 e. The predicted octanol–water partition coefficient (Wildman–Crippen LogP) is 1.67. The second-order valence-electron chi connectivity index (χ2n) is 2.48. The van der Waals surface area contributed by atoms with Gasteiger partial charge in [0.15, 0.2) is 5.71 Å². The number of carboxylic acids is 1. The molecule has 1 aromatic carbocycles. The van der Waals surface area contributed by atoms with Crippen LogP contribution in [0.3, 0.4) is 0 Å². The first-order valence-electron chi connectivity index (χ1n) is 3.79. The fourth-order valence-electron chi connectivity index (χ4n) is 0.973. The molecule has 2 N–H and O–H groups in total. The number of carbonyl (C=O) groups is 1. The molecule has 0 fully saturated rings. The van der Waals surface area contributed by atoms with Crippen LogP contribution in [0, 0.1) is 0 Å². The fourth-order valence-corrected chi connectivity index (χ4v) is 1.38. The average Bonchev–Trinajstić information content (AvgIpc) is 2.19. The zero-order valence-electron chi connectivity index (χ0n) is 7.47. The lowest BCUT2D eigenvalue weighted by molar-refractivity contribution is -0.129. The Kier molecular flexibility index (Phi) is 3.53. The van der Waals surface area contributed by atoms with E-state index >= 15 is 0 Å². The number of hydrogen-bond donors (Lipinski definition) is 2. The van der Waals surface area contributed by atoms with E-state index in [-0.39, 0.29) is 5.71 Å². The van der Waals surface area contributed by atoms with E-state index in [9.17, 15) is 4.79 Å². The standard InChI is InChI=1S/C9H9NO3S/c1-14-7-4-2-6(3-5-7)8(10-13)9(11)12/h2-5,13H,1H3,(H,11,12). The number of aliphatic carboxylic acids is 1. The van der Waals surface area contributed by atoms with Crippen LogP contribution in [0.25, 0.3) is 0 Å². The SMILES string of the molecule is CSc1ccc(C(=NO)C(=O)O)cc1. The molecule has 14 heavy (non-hydrogen) atoms. The van der Waals surface area contributed by atoms with Gasteiger partial charge in [-0.05, 0) is 18.4 Å². The molecule has 0 bridgehead atoms. The Morgan fingerprint density at radius 1 is 1.36 bits per heavy atom. The van der Waals surface area contributed by atoms with E-state index < -0.39 is 5.97 Å². The molecule has 0 aromatic heterocycles. The van der Waals surface area contributed by atoms with Crippen LogP contribution in [0.15, 0.2) is 34.3 Å². The summed E-state index contributed by atoms with van der Waals surface area (Å²) < 4.78 is 0. The maximum atomic E-state index is 10.6. The monoisotopic (exact) mass is 211 g/mol. The molecule has 0 aliphatic carbocycles. The predicted molar refractivity (Wildman–Crippen MR) is 54.2 cm³/mol. The molecule has 0 unspecified atom stereocenters. The van der Waals surface area contributed by atoms with Gasteiger partial charge in [-0.3, -0.25) is 0 Å². The number of benzene rings is 1. The highest BCUT2D eigenvalue weighted by Crippen LogP contribution is 2.15. The van der Waals surface area contributed by atoms with Crippen molar-refractivity contribution in [2.75, 3.05) is 6.26 Å². The van der Waals surface area contributed by atoms with Gasteiger partial charge in [0.05, 0.1) is 0 Å². The fraction of sp³-hybridized carbons (Fsp3) is 0.111. The van der Waals surface area contributed by atoms with Gasteiger partial charge in [-0.2, -0.15) is 0 Å². The topological polar surface area (TPSA) is 69.9 Å². The molecular weight excluding hydrogens is 202 g/mol. The summed E-state index contributed by atoms with van der Waals surface area (Å²) in [5, 5.41) is 19.9. The van der Waals surface area contributed by atoms with Crippen LogP contribution in [0.1, 0.15) is 5.56 Å². The Hall–Kier alpha value is -1.49. The van der Waals surface area contributed by atoms with E-state index in [1.807, 2.05) is 6.26 Å². The molecule has 1 aromatic rings. The Morgan fingerprint density at radius 2 is 1.93 bits per heavy atom. The number of thioether (sulfide) groups is 1. The summed E-state index contributed by atoms with van der Waals surface area (Å²) in [5.74, 6) is -1.25. The van der Waals surface area contributed by atoms with E-state index in [2.05, 4.69) is 5.16 Å². The van der Waals surface area contributed by atoms with Crippen molar-refractivity contribution in [3.8, 4) is 0 Å². The van der Waals surface area contributed by atoms with Gasteiger partial charge in [0.2, 0.25) is 0 Å². The van der Waals surface area contributed by atoms with E-state index in [1.54, 1.807) is 36.0 Å². The summed E-state index contributed by atoms with van der Waals surface area (Å²) >= 11 is 1.56. The summed E-state index contributed by atoms with van der Waals surface area (Å²) in [7, 11) is 0. The van der Waals surface area contributed by atoms with Crippen LogP contribution in [-0.4, -0.2) is 28.3 Å². The van der Waals surface area contributed by atoms with Gasteiger partial charge in [-0.1, -0.05) is 17.3 Å². The highest BCUT2D eigenvalue weighted by molar-refractivity contribution is 7.98. The zero-order chi connectivity index (χ0) is 10.6. The van der Waals surface area contributed by atoms with Crippen molar-refractivity contribution in [1.29, 1.82) is 0 Å². The van der Waals surface area contributed by atoms with E-state index in [4.69, 9.17) is 10.3 Å². The minimum atomic E-state index is -1.25. The lowest BCUT2D eigenvalue weighted by atomic mass is 10.1. The molecule has 1 rings (SSSR count). The molecule has 0 aliphatic rings. The van der Waals surface area contributed by atoms with Crippen molar-refractivity contribution in [3.63, 3.8) is 0 Å². The third kappa shape index (κ3) is 2.26. The van der Waals surface area contributed by atoms with Gasteiger partial charge in [0.25, 0.3) is 0 Å². The van der Waals surface area contributed by atoms with Crippen LogP contribution in [0.5, 0.6) is 0 Å². The van der Waals surface area contributed by atoms with Crippen molar-refractivity contribution in [3.05, 3.63) is 29.8 Å². The lowest BCUT2D eigenvalue weighted by Crippen LogP contribution is -2.14. The molecule has 0 saturated carbocycles. The molecule has 0 atom stereocenters.